The number of benzene rings is 1. The third-order valence-electron chi connectivity index (χ3n) is 8.53. The second-order valence-corrected chi connectivity index (χ2v) is 11.3. The number of carbonyl (C=O) groups excluding carboxylic acids is 2. The lowest BCUT2D eigenvalue weighted by atomic mass is 9.97. The van der Waals surface area contributed by atoms with E-state index >= 15 is 0 Å². The van der Waals surface area contributed by atoms with E-state index in [2.05, 4.69) is 32.6 Å². The van der Waals surface area contributed by atoms with Gasteiger partial charge in [-0.3, -0.25) is 28.9 Å². The van der Waals surface area contributed by atoms with Crippen LogP contribution in [0.4, 0.5) is 0 Å². The summed E-state index contributed by atoms with van der Waals surface area (Å²) in [5.41, 5.74) is 2.79. The van der Waals surface area contributed by atoms with Crippen molar-refractivity contribution in [2.45, 2.75) is 57.7 Å². The van der Waals surface area contributed by atoms with Gasteiger partial charge >= 0.3 is 5.69 Å². The van der Waals surface area contributed by atoms with Gasteiger partial charge in [-0.15, -0.1) is 0 Å². The van der Waals surface area contributed by atoms with Crippen LogP contribution in [0.2, 0.25) is 0 Å². The average Bonchev–Trinajstić information content (AvgIpc) is 3.66. The summed E-state index contributed by atoms with van der Waals surface area (Å²) in [5, 5.41) is 5.88. The third kappa shape index (κ3) is 5.01. The van der Waals surface area contributed by atoms with Gasteiger partial charge in [0.05, 0.1) is 11.0 Å². The van der Waals surface area contributed by atoms with Crippen molar-refractivity contribution in [2.24, 2.45) is 11.8 Å². The van der Waals surface area contributed by atoms with Gasteiger partial charge in [-0.2, -0.15) is 0 Å². The number of piperazine rings is 1. The Bertz CT molecular complexity index is 1180. The zero-order valence-electron chi connectivity index (χ0n) is 21.1. The summed E-state index contributed by atoms with van der Waals surface area (Å²) in [6, 6.07) is 5.64. The van der Waals surface area contributed by atoms with Crippen LogP contribution in [-0.4, -0.2) is 76.6 Å². The predicted octanol–water partition coefficient (Wildman–Crippen LogP) is 1.31. The van der Waals surface area contributed by atoms with Gasteiger partial charge < -0.3 is 10.2 Å². The molecule has 0 spiro atoms. The van der Waals surface area contributed by atoms with Crippen molar-refractivity contribution in [3.05, 3.63) is 34.2 Å². The number of rotatable bonds is 7. The number of hydrogen-bond donors (Lipinski definition) is 2. The predicted molar refractivity (Wildman–Crippen MR) is 138 cm³/mol. The molecule has 1 atom stereocenters. The summed E-state index contributed by atoms with van der Waals surface area (Å²) in [4.78, 5) is 43.0. The first-order valence-electron chi connectivity index (χ1n) is 13.8. The van der Waals surface area contributed by atoms with E-state index in [1.807, 2.05) is 10.6 Å². The van der Waals surface area contributed by atoms with Crippen LogP contribution >= 0.6 is 0 Å². The Labute approximate surface area is 211 Å². The summed E-state index contributed by atoms with van der Waals surface area (Å²) in [6.45, 7) is 9.48. The van der Waals surface area contributed by atoms with Crippen molar-refractivity contribution in [1.82, 2.24) is 29.6 Å². The minimum atomic E-state index is -0.628. The molecule has 36 heavy (non-hydrogen) atoms. The van der Waals surface area contributed by atoms with E-state index in [1.54, 1.807) is 4.57 Å². The molecule has 1 aliphatic carbocycles. The molecule has 4 fully saturated rings. The number of nitrogens with zero attached hydrogens (tertiary/aromatic N) is 4. The van der Waals surface area contributed by atoms with Gasteiger partial charge in [0.1, 0.15) is 6.04 Å². The van der Waals surface area contributed by atoms with Gasteiger partial charge in [-0.25, -0.2) is 4.79 Å². The van der Waals surface area contributed by atoms with Crippen molar-refractivity contribution >= 4 is 22.8 Å². The number of fused-ring (bicyclic) bond motifs is 1. The second-order valence-electron chi connectivity index (χ2n) is 11.3. The molecule has 0 radical (unpaired) electrons. The molecule has 3 saturated heterocycles. The highest BCUT2D eigenvalue weighted by Crippen LogP contribution is 2.32. The molecule has 1 aromatic heterocycles. The lowest BCUT2D eigenvalue weighted by Crippen LogP contribution is -2.48. The molecule has 6 rings (SSSR count). The zero-order chi connectivity index (χ0) is 24.6. The van der Waals surface area contributed by atoms with E-state index in [4.69, 9.17) is 0 Å². The summed E-state index contributed by atoms with van der Waals surface area (Å²) >= 11 is 0. The molecule has 2 amide bonds. The Balaban J connectivity index is 1.18. The fraction of sp³-hybridized carbons (Fsp3) is 0.667. The summed E-state index contributed by atoms with van der Waals surface area (Å²) in [5.74, 6) is 0.742. The highest BCUT2D eigenvalue weighted by atomic mass is 16.2. The van der Waals surface area contributed by atoms with Crippen molar-refractivity contribution < 1.29 is 9.59 Å². The molecule has 194 valence electrons. The van der Waals surface area contributed by atoms with E-state index in [0.29, 0.717) is 18.9 Å². The van der Waals surface area contributed by atoms with Crippen LogP contribution in [0.3, 0.4) is 0 Å². The maximum absolute atomic E-state index is 13.5. The smallest absolute Gasteiger partial charge is 0.317 e. The number of amides is 2. The van der Waals surface area contributed by atoms with Crippen LogP contribution in [0.25, 0.3) is 11.0 Å². The molecule has 2 N–H and O–H groups in total. The van der Waals surface area contributed by atoms with E-state index in [9.17, 15) is 14.4 Å². The number of aromatic nitrogens is 2. The van der Waals surface area contributed by atoms with Crippen molar-refractivity contribution in [3.63, 3.8) is 0 Å². The molecular weight excluding hydrogens is 456 g/mol. The molecule has 0 bridgehead atoms. The number of imidazole rings is 1. The molecule has 1 aromatic carbocycles. The molecule has 1 saturated carbocycles. The van der Waals surface area contributed by atoms with Gasteiger partial charge in [-0.1, -0.05) is 6.07 Å². The highest BCUT2D eigenvalue weighted by Gasteiger charge is 2.33. The van der Waals surface area contributed by atoms with E-state index < -0.39 is 6.04 Å². The Kier molecular flexibility index (Phi) is 6.71. The first-order valence-corrected chi connectivity index (χ1v) is 13.8. The van der Waals surface area contributed by atoms with Crippen molar-refractivity contribution in [2.75, 3.05) is 45.8 Å². The third-order valence-corrected chi connectivity index (χ3v) is 8.53. The molecule has 3 aliphatic heterocycles. The Morgan fingerprint density at radius 1 is 0.806 bits per heavy atom. The fourth-order valence-corrected chi connectivity index (χ4v) is 6.21. The maximum Gasteiger partial charge on any atom is 0.329 e. The average molecular weight is 495 g/mol. The van der Waals surface area contributed by atoms with Crippen LogP contribution in [0.1, 0.15) is 50.1 Å². The summed E-state index contributed by atoms with van der Waals surface area (Å²) in [6.07, 6.45) is 5.52. The fourth-order valence-electron chi connectivity index (χ4n) is 6.21. The standard InChI is InChI=1S/C27H38N6O3/c34-25-6-5-23(26(35)29-25)33-22-4-3-21(15-24(22)32(27(33)36)18-19-1-2-19)17-31-13-11-30(12-14-31)16-20-7-9-28-10-8-20/h3-4,15,19-20,23,28H,1-2,5-14,16-18H2,(H,29,34,35). The van der Waals surface area contributed by atoms with E-state index in [-0.39, 0.29) is 23.9 Å². The lowest BCUT2D eigenvalue weighted by Gasteiger charge is -2.37. The van der Waals surface area contributed by atoms with Gasteiger partial charge in [0.2, 0.25) is 11.8 Å². The minimum absolute atomic E-state index is 0.130. The molecule has 9 nitrogen and oxygen atoms in total. The van der Waals surface area contributed by atoms with Crippen molar-refractivity contribution in [3.8, 4) is 0 Å². The monoisotopic (exact) mass is 494 g/mol. The molecule has 2 aromatic rings. The number of carbonyl (C=O) groups is 2. The minimum Gasteiger partial charge on any atom is -0.317 e. The first kappa shape index (κ1) is 23.9. The first-order chi connectivity index (χ1) is 17.5. The van der Waals surface area contributed by atoms with Crippen LogP contribution < -0.4 is 16.3 Å². The topological polar surface area (TPSA) is 91.6 Å². The Morgan fingerprint density at radius 2 is 1.53 bits per heavy atom. The van der Waals surface area contributed by atoms with Gasteiger partial charge in [-0.05, 0) is 74.7 Å². The summed E-state index contributed by atoms with van der Waals surface area (Å²) in [7, 11) is 0. The number of piperidine rings is 2. The normalized spacial score (nSPS) is 24.9. The Hall–Kier alpha value is -2.49. The van der Waals surface area contributed by atoms with Gasteiger partial charge in [0.15, 0.2) is 0 Å². The number of hydrogen-bond acceptors (Lipinski definition) is 6. The molecule has 4 aliphatic rings. The summed E-state index contributed by atoms with van der Waals surface area (Å²) < 4.78 is 3.50. The Morgan fingerprint density at radius 3 is 2.25 bits per heavy atom. The molecule has 4 heterocycles. The molecular formula is C27H38N6O3. The SMILES string of the molecule is O=C1CCC(n2c(=O)n(CC3CC3)c3cc(CN4CCN(CC5CCNCC5)CC4)ccc32)C(=O)N1. The van der Waals surface area contributed by atoms with E-state index in [0.717, 1.165) is 75.6 Å². The number of nitrogens with one attached hydrogen (secondary N) is 2. The second kappa shape index (κ2) is 10.1. The van der Waals surface area contributed by atoms with Crippen molar-refractivity contribution in [1.29, 1.82) is 0 Å². The van der Waals surface area contributed by atoms with Crippen LogP contribution in [-0.2, 0) is 22.7 Å². The van der Waals surface area contributed by atoms with E-state index in [1.165, 1.54) is 24.9 Å². The van der Waals surface area contributed by atoms with Crippen LogP contribution in [0.5, 0.6) is 0 Å². The van der Waals surface area contributed by atoms with Gasteiger partial charge in [0.25, 0.3) is 0 Å². The van der Waals surface area contributed by atoms with Crippen LogP contribution in [0.15, 0.2) is 23.0 Å². The quantitative estimate of drug-likeness (QED) is 0.564. The molecule has 9 heteroatoms. The van der Waals surface area contributed by atoms with Crippen LogP contribution in [0, 0.1) is 11.8 Å². The molecule has 1 unspecified atom stereocenters. The number of imide groups is 1. The van der Waals surface area contributed by atoms with Gasteiger partial charge in [0, 0.05) is 52.2 Å². The lowest BCUT2D eigenvalue weighted by molar-refractivity contribution is -0.135. The highest BCUT2D eigenvalue weighted by molar-refractivity contribution is 6.00. The zero-order valence-corrected chi connectivity index (χ0v) is 21.1. The largest absolute Gasteiger partial charge is 0.329 e. The maximum atomic E-state index is 13.5.